The fourth-order valence-corrected chi connectivity index (χ4v) is 5.71. The zero-order chi connectivity index (χ0) is 20.2. The topological polar surface area (TPSA) is 76.5 Å². The van der Waals surface area contributed by atoms with Gasteiger partial charge in [0.2, 0.25) is 10.0 Å². The Kier molecular flexibility index (Phi) is 7.64. The van der Waals surface area contributed by atoms with Crippen LogP contribution in [-0.2, 0) is 27.4 Å². The molecule has 0 amide bonds. The first kappa shape index (κ1) is 22.1. The number of hydrogen-bond acceptors (Lipinski definition) is 4. The van der Waals surface area contributed by atoms with Crippen LogP contribution in [-0.4, -0.2) is 40.3 Å². The Morgan fingerprint density at radius 3 is 2.41 bits per heavy atom. The number of aryl methyl sites for hydroxylation is 1. The second-order valence-corrected chi connectivity index (χ2v) is 9.93. The van der Waals surface area contributed by atoms with E-state index in [-0.39, 0.29) is 22.8 Å². The fourth-order valence-electron chi connectivity index (χ4n) is 2.49. The maximum atomic E-state index is 12.6. The van der Waals surface area contributed by atoms with Crippen LogP contribution in [0.1, 0.15) is 13.8 Å². The lowest BCUT2D eigenvalue weighted by Gasteiger charge is -2.19. The van der Waals surface area contributed by atoms with Crippen molar-refractivity contribution in [3.05, 3.63) is 56.9 Å². The van der Waals surface area contributed by atoms with Crippen molar-refractivity contribution in [1.29, 1.82) is 0 Å². The quantitative estimate of drug-likeness (QED) is 0.619. The van der Waals surface area contributed by atoms with Gasteiger partial charge in [-0.1, -0.05) is 37.0 Å². The zero-order valence-electron chi connectivity index (χ0n) is 14.9. The monoisotopic (exact) mass is 450 g/mol. The maximum absolute atomic E-state index is 12.6. The highest BCUT2D eigenvalue weighted by atomic mass is 35.5. The number of aromatic nitrogens is 1. The summed E-state index contributed by atoms with van der Waals surface area (Å²) in [7, 11) is -5.17. The fraction of sp³-hybridized carbons (Fsp3) is 0.353. The minimum Gasteiger partial charge on any atom is -0.313 e. The van der Waals surface area contributed by atoms with Gasteiger partial charge in [0.05, 0.1) is 25.6 Å². The van der Waals surface area contributed by atoms with Crippen molar-refractivity contribution >= 4 is 44.0 Å². The van der Waals surface area contributed by atoms with E-state index in [9.17, 15) is 17.4 Å². The van der Waals surface area contributed by atoms with E-state index >= 15 is 0 Å². The third-order valence-electron chi connectivity index (χ3n) is 3.96. The lowest BCUT2D eigenvalue weighted by Crippen LogP contribution is -2.32. The van der Waals surface area contributed by atoms with Crippen molar-refractivity contribution in [2.24, 2.45) is 0 Å². The molecule has 10 heteroatoms. The van der Waals surface area contributed by atoms with Crippen LogP contribution in [0.15, 0.2) is 51.1 Å². The molecule has 0 spiro atoms. The minimum absolute atomic E-state index is 0.0253. The first-order chi connectivity index (χ1) is 12.7. The number of hydrogen-bond donors (Lipinski definition) is 0. The van der Waals surface area contributed by atoms with Crippen LogP contribution in [0, 0.1) is 0 Å². The summed E-state index contributed by atoms with van der Waals surface area (Å²) in [6.07, 6.45) is 1.28. The Hall–Kier alpha value is -1.19. The van der Waals surface area contributed by atoms with E-state index < -0.39 is 20.8 Å². The van der Waals surface area contributed by atoms with E-state index in [4.69, 9.17) is 23.2 Å². The highest BCUT2D eigenvalue weighted by Gasteiger charge is 2.22. The van der Waals surface area contributed by atoms with Gasteiger partial charge in [-0.25, -0.2) is 8.42 Å². The molecule has 1 atom stereocenters. The molecule has 0 fully saturated rings. The summed E-state index contributed by atoms with van der Waals surface area (Å²) < 4.78 is 40.3. The molecule has 0 saturated heterocycles. The van der Waals surface area contributed by atoms with Gasteiger partial charge in [-0.15, -0.1) is 0 Å². The minimum atomic E-state index is -3.68. The molecule has 0 unspecified atom stereocenters. The summed E-state index contributed by atoms with van der Waals surface area (Å²) in [6, 6.07) is 7.16. The summed E-state index contributed by atoms with van der Waals surface area (Å²) in [5.74, 6) is 0.0920. The van der Waals surface area contributed by atoms with Crippen LogP contribution in [0.3, 0.4) is 0 Å². The van der Waals surface area contributed by atoms with Crippen molar-refractivity contribution < 1.29 is 12.6 Å². The van der Waals surface area contributed by atoms with Crippen LogP contribution in [0.2, 0.25) is 10.0 Å². The van der Waals surface area contributed by atoms with Gasteiger partial charge >= 0.3 is 0 Å². The molecule has 1 heterocycles. The molecule has 2 aromatic rings. The lowest BCUT2D eigenvalue weighted by molar-refractivity contribution is 0.444. The molecular weight excluding hydrogens is 431 g/mol. The molecule has 1 aromatic carbocycles. The molecule has 2 rings (SSSR count). The SMILES string of the molecule is CCN(CC)S(=O)(=O)c1ccc(=O)n(CC[S@@](=O)c2cc(Cl)ccc2Cl)c1. The van der Waals surface area contributed by atoms with Gasteiger partial charge in [0.15, 0.2) is 0 Å². The van der Waals surface area contributed by atoms with Crippen LogP contribution < -0.4 is 5.56 Å². The summed E-state index contributed by atoms with van der Waals surface area (Å²) in [6.45, 7) is 4.23. The lowest BCUT2D eigenvalue weighted by atomic mass is 10.4. The first-order valence-corrected chi connectivity index (χ1v) is 11.8. The molecule has 0 N–H and O–H groups in total. The van der Waals surface area contributed by atoms with Crippen molar-refractivity contribution in [3.8, 4) is 0 Å². The van der Waals surface area contributed by atoms with E-state index in [1.807, 2.05) is 0 Å². The van der Waals surface area contributed by atoms with Crippen LogP contribution in [0.5, 0.6) is 0 Å². The second kappa shape index (κ2) is 9.34. The Bertz CT molecular complexity index is 1000. The van der Waals surface area contributed by atoms with E-state index in [0.29, 0.717) is 28.0 Å². The molecule has 0 aliphatic heterocycles. The third-order valence-corrected chi connectivity index (χ3v) is 8.05. The summed E-state index contributed by atoms with van der Waals surface area (Å²) in [4.78, 5) is 12.5. The van der Waals surface area contributed by atoms with E-state index in [2.05, 4.69) is 0 Å². The van der Waals surface area contributed by atoms with Gasteiger partial charge < -0.3 is 4.57 Å². The van der Waals surface area contributed by atoms with Crippen molar-refractivity contribution in [2.45, 2.75) is 30.2 Å². The summed E-state index contributed by atoms with van der Waals surface area (Å²) >= 11 is 12.0. The molecule has 0 bridgehead atoms. The normalized spacial score (nSPS) is 13.1. The van der Waals surface area contributed by atoms with E-state index in [1.54, 1.807) is 26.0 Å². The summed E-state index contributed by atoms with van der Waals surface area (Å²) in [5.41, 5.74) is -0.373. The molecular formula is C17H20Cl2N2O4S2. The van der Waals surface area contributed by atoms with Gasteiger partial charge in [0, 0.05) is 42.7 Å². The van der Waals surface area contributed by atoms with Gasteiger partial charge in [0.1, 0.15) is 0 Å². The predicted octanol–water partition coefficient (Wildman–Crippen LogP) is 2.99. The molecule has 148 valence electrons. The zero-order valence-corrected chi connectivity index (χ0v) is 18.0. The average Bonchev–Trinajstić information content (AvgIpc) is 2.63. The predicted molar refractivity (Wildman–Crippen MR) is 109 cm³/mol. The van der Waals surface area contributed by atoms with Crippen molar-refractivity contribution in [2.75, 3.05) is 18.8 Å². The Morgan fingerprint density at radius 1 is 1.11 bits per heavy atom. The van der Waals surface area contributed by atoms with Gasteiger partial charge in [-0.05, 0) is 24.3 Å². The highest BCUT2D eigenvalue weighted by Crippen LogP contribution is 2.24. The standard InChI is InChI=1S/C17H20Cl2N2O4S2/c1-3-21(4-2)27(24,25)14-6-8-17(22)20(12-14)9-10-26(23)16-11-13(18)5-7-15(16)19/h5-8,11-12H,3-4,9-10H2,1-2H3/t26-/m1/s1. The number of pyridine rings is 1. The van der Waals surface area contributed by atoms with Crippen LogP contribution in [0.4, 0.5) is 0 Å². The Morgan fingerprint density at radius 2 is 1.78 bits per heavy atom. The maximum Gasteiger partial charge on any atom is 0.250 e. The first-order valence-electron chi connectivity index (χ1n) is 8.24. The number of sulfonamides is 1. The molecule has 0 saturated carbocycles. The molecule has 6 nitrogen and oxygen atoms in total. The number of benzene rings is 1. The molecule has 1 aromatic heterocycles. The van der Waals surface area contributed by atoms with Crippen LogP contribution in [0.25, 0.3) is 0 Å². The number of rotatable bonds is 8. The molecule has 0 aliphatic carbocycles. The van der Waals surface area contributed by atoms with Crippen LogP contribution >= 0.6 is 23.2 Å². The van der Waals surface area contributed by atoms with Crippen molar-refractivity contribution in [3.63, 3.8) is 0 Å². The summed E-state index contributed by atoms with van der Waals surface area (Å²) in [5, 5.41) is 0.732. The Balaban J connectivity index is 2.26. The number of halogens is 2. The molecule has 0 radical (unpaired) electrons. The van der Waals surface area contributed by atoms with Gasteiger partial charge in [-0.3, -0.25) is 9.00 Å². The third kappa shape index (κ3) is 5.20. The van der Waals surface area contributed by atoms with Gasteiger partial charge in [-0.2, -0.15) is 4.31 Å². The average molecular weight is 451 g/mol. The van der Waals surface area contributed by atoms with Crippen molar-refractivity contribution in [1.82, 2.24) is 8.87 Å². The van der Waals surface area contributed by atoms with E-state index in [1.165, 1.54) is 33.3 Å². The molecule has 27 heavy (non-hydrogen) atoms. The van der Waals surface area contributed by atoms with Gasteiger partial charge in [0.25, 0.3) is 5.56 Å². The second-order valence-electron chi connectivity index (χ2n) is 5.61. The highest BCUT2D eigenvalue weighted by molar-refractivity contribution is 7.89. The number of nitrogens with zero attached hydrogens (tertiary/aromatic N) is 2. The molecule has 0 aliphatic rings. The largest absolute Gasteiger partial charge is 0.313 e. The van der Waals surface area contributed by atoms with E-state index in [0.717, 1.165) is 0 Å². The smallest absolute Gasteiger partial charge is 0.250 e. The Labute approximate surface area is 171 Å².